The molecule has 4 heterocycles. The highest BCUT2D eigenvalue weighted by Gasteiger charge is 2.30. The monoisotopic (exact) mass is 996 g/mol. The summed E-state index contributed by atoms with van der Waals surface area (Å²) in [5.74, 6) is 1.00. The number of anilines is 5. The molecule has 3 aliphatic rings. The molecule has 75 heavy (non-hydrogen) atoms. The first-order chi connectivity index (χ1) is 36.2. The van der Waals surface area contributed by atoms with Gasteiger partial charge in [-0.25, -0.2) is 0 Å². The number of hydrogen-bond donors (Lipinski definition) is 0. The zero-order valence-corrected chi connectivity index (χ0v) is 46.7. The van der Waals surface area contributed by atoms with E-state index in [1.165, 1.54) is 78.4 Å². The van der Waals surface area contributed by atoms with Crippen LogP contribution in [0.2, 0.25) is 0 Å². The van der Waals surface area contributed by atoms with E-state index >= 15 is 0 Å². The minimum atomic E-state index is 0.262. The molecule has 8 nitrogen and oxygen atoms in total. The van der Waals surface area contributed by atoms with Crippen LogP contribution < -0.4 is 29.2 Å². The summed E-state index contributed by atoms with van der Waals surface area (Å²) in [4.78, 5) is 13.9. The van der Waals surface area contributed by atoms with Gasteiger partial charge in [-0.15, -0.1) is 9.36 Å². The molecule has 0 saturated carbocycles. The van der Waals surface area contributed by atoms with Crippen LogP contribution in [0.3, 0.4) is 0 Å². The maximum absolute atomic E-state index is 2.44. The molecular formula is C67H79N8+. The number of rotatable bonds is 8. The first-order valence-electron chi connectivity index (χ1n) is 26.7. The third-order valence-corrected chi connectivity index (χ3v) is 14.8. The van der Waals surface area contributed by atoms with Crippen molar-refractivity contribution in [1.82, 2.24) is 9.58 Å². The average molecular weight is 996 g/mol. The van der Waals surface area contributed by atoms with Crippen LogP contribution in [0.4, 0.5) is 28.4 Å². The molecule has 0 saturated heterocycles. The molecule has 1 aromatic heterocycles. The van der Waals surface area contributed by atoms with Crippen LogP contribution in [0, 0.1) is 27.7 Å². The van der Waals surface area contributed by atoms with Gasteiger partial charge in [0.25, 0.3) is 0 Å². The summed E-state index contributed by atoms with van der Waals surface area (Å²) in [6.07, 6.45) is 16.1. The van der Waals surface area contributed by atoms with Crippen LogP contribution in [0.15, 0.2) is 213 Å². The quantitative estimate of drug-likeness (QED) is 0.141. The van der Waals surface area contributed by atoms with Gasteiger partial charge in [-0.1, -0.05) is 149 Å². The van der Waals surface area contributed by atoms with Gasteiger partial charge >= 0.3 is 0 Å². The minimum absolute atomic E-state index is 0.262. The maximum atomic E-state index is 2.44. The number of para-hydroxylation sites is 7. The second-order valence-corrected chi connectivity index (χ2v) is 20.6. The van der Waals surface area contributed by atoms with Crippen molar-refractivity contribution in [3.8, 4) is 5.69 Å². The van der Waals surface area contributed by atoms with Crippen molar-refractivity contribution >= 4 is 39.3 Å². The highest BCUT2D eigenvalue weighted by Crippen LogP contribution is 2.40. The number of fused-ring (bicyclic) bond motifs is 1. The van der Waals surface area contributed by atoms with Gasteiger partial charge in [0.15, 0.2) is 7.05 Å². The fourth-order valence-corrected chi connectivity index (χ4v) is 10.4. The lowest BCUT2D eigenvalue weighted by molar-refractivity contribution is -0.741. The van der Waals surface area contributed by atoms with Gasteiger partial charge in [0.2, 0.25) is 6.20 Å². The Morgan fingerprint density at radius 2 is 0.773 bits per heavy atom. The molecule has 0 unspecified atom stereocenters. The van der Waals surface area contributed by atoms with Gasteiger partial charge in [-0.3, -0.25) is 0 Å². The Bertz CT molecular complexity index is 3230. The normalized spacial score (nSPS) is 16.7. The summed E-state index contributed by atoms with van der Waals surface area (Å²) in [5.41, 5.74) is 17.0. The number of aryl methyl sites for hydroxylation is 5. The molecule has 386 valence electrons. The molecule has 0 bridgehead atoms. The van der Waals surface area contributed by atoms with E-state index in [9.17, 15) is 0 Å². The largest absolute Gasteiger partial charge is 0.359 e. The SMILES string of the molecule is Cc1ccccc1-n1c2ccccc2c[n+]1C.Cc1ccccc1N1C=CN(C)[C@@H]1C.Cc1ccccc1N1C=CN(c2c(C(C)C)cccc2C(C)C)[C@@H]1C.Cc1ccccc1N1C=CN(c2ccccc2)[C@@H]1C. The van der Waals surface area contributed by atoms with Crippen molar-refractivity contribution in [3.05, 3.63) is 247 Å². The van der Waals surface area contributed by atoms with Gasteiger partial charge in [0, 0.05) is 72.7 Å². The van der Waals surface area contributed by atoms with Crippen LogP contribution in [-0.2, 0) is 7.05 Å². The van der Waals surface area contributed by atoms with Crippen molar-refractivity contribution < 1.29 is 4.68 Å². The standard InChI is InChI=1S/C23H30N2.C17H18N2.C15H15N2.C12H16N2/c1-16(2)20-11-9-12-21(17(3)4)23(20)25-15-14-24(19(25)6)22-13-8-7-10-18(22)5;1-14-8-6-7-11-17(14)19-13-12-18(15(19)2)16-9-4-3-5-10-16;1-12-7-3-5-9-14(12)17-15-10-6-4-8-13(15)11-16(17)2;1-10-6-4-5-7-12(10)14-9-8-13(3)11(14)2/h7-17,19H,1-6H3;3-13,15H,1-2H3;3-11H,1-2H3;4-9,11H,1-3H3/q;;+1;/t19-;15-;;11-/m10.0/s1. The van der Waals surface area contributed by atoms with Gasteiger partial charge in [-0.2, -0.15) is 0 Å². The fraction of sp³-hybridized carbons (Fsp3) is 0.269. The lowest BCUT2D eigenvalue weighted by atomic mass is 9.92. The maximum Gasteiger partial charge on any atom is 0.203 e. The van der Waals surface area contributed by atoms with Gasteiger partial charge in [-0.05, 0) is 142 Å². The van der Waals surface area contributed by atoms with Crippen LogP contribution in [0.5, 0.6) is 0 Å². The van der Waals surface area contributed by atoms with E-state index in [0.29, 0.717) is 24.2 Å². The van der Waals surface area contributed by atoms with Crippen molar-refractivity contribution in [1.29, 1.82) is 0 Å². The molecule has 3 atom stereocenters. The number of benzene rings is 7. The Morgan fingerprint density at radius 1 is 0.387 bits per heavy atom. The summed E-state index contributed by atoms with van der Waals surface area (Å²) >= 11 is 0. The van der Waals surface area contributed by atoms with Crippen molar-refractivity contribution in [2.24, 2.45) is 7.05 Å². The molecule has 0 spiro atoms. The Labute approximate surface area is 449 Å². The Hall–Kier alpha value is -7.97. The Balaban J connectivity index is 0.000000136. The van der Waals surface area contributed by atoms with E-state index in [2.05, 4.69) is 336 Å². The van der Waals surface area contributed by atoms with E-state index in [1.54, 1.807) is 0 Å². The molecule has 0 fully saturated rings. The Kier molecular flexibility index (Phi) is 17.0. The van der Waals surface area contributed by atoms with E-state index in [0.717, 1.165) is 0 Å². The van der Waals surface area contributed by atoms with E-state index < -0.39 is 0 Å². The van der Waals surface area contributed by atoms with E-state index in [-0.39, 0.29) is 6.17 Å². The molecule has 3 aliphatic heterocycles. The van der Waals surface area contributed by atoms with Crippen LogP contribution in [0.1, 0.15) is 93.7 Å². The van der Waals surface area contributed by atoms with Gasteiger partial charge in [0.1, 0.15) is 29.7 Å². The van der Waals surface area contributed by atoms with Crippen LogP contribution in [-0.4, -0.2) is 35.1 Å². The van der Waals surface area contributed by atoms with Crippen molar-refractivity contribution in [2.75, 3.05) is 31.5 Å². The zero-order valence-electron chi connectivity index (χ0n) is 46.7. The summed E-state index contributed by atoms with van der Waals surface area (Å²) in [5, 5.41) is 1.26. The van der Waals surface area contributed by atoms with Crippen LogP contribution >= 0.6 is 0 Å². The molecule has 7 aromatic carbocycles. The second-order valence-electron chi connectivity index (χ2n) is 20.6. The summed E-state index contributed by atoms with van der Waals surface area (Å²) in [6.45, 7) is 24.5. The molecule has 11 rings (SSSR count). The first kappa shape index (κ1) is 53.3. The third-order valence-electron chi connectivity index (χ3n) is 14.8. The second kappa shape index (κ2) is 23.9. The number of aromatic nitrogens is 2. The van der Waals surface area contributed by atoms with E-state index in [1.807, 2.05) is 6.07 Å². The molecule has 0 aliphatic carbocycles. The van der Waals surface area contributed by atoms with Crippen molar-refractivity contribution in [2.45, 2.75) is 106 Å². The van der Waals surface area contributed by atoms with Crippen LogP contribution in [0.25, 0.3) is 16.6 Å². The van der Waals surface area contributed by atoms with Gasteiger partial charge < -0.3 is 29.4 Å². The first-order valence-corrected chi connectivity index (χ1v) is 26.7. The molecular weight excluding hydrogens is 917 g/mol. The number of nitrogens with zero attached hydrogens (tertiary/aromatic N) is 8. The predicted molar refractivity (Wildman–Crippen MR) is 320 cm³/mol. The smallest absolute Gasteiger partial charge is 0.203 e. The Morgan fingerprint density at radius 3 is 1.24 bits per heavy atom. The summed E-state index contributed by atoms with van der Waals surface area (Å²) in [6, 6.07) is 59.7. The molecule has 8 heteroatoms. The predicted octanol–water partition coefficient (Wildman–Crippen LogP) is 15.9. The van der Waals surface area contributed by atoms with E-state index in [4.69, 9.17) is 0 Å². The minimum Gasteiger partial charge on any atom is -0.359 e. The molecule has 0 radical (unpaired) electrons. The highest BCUT2D eigenvalue weighted by molar-refractivity contribution is 5.79. The average Bonchev–Trinajstić information content (AvgIpc) is 4.18. The third kappa shape index (κ3) is 11.7. The fourth-order valence-electron chi connectivity index (χ4n) is 10.4. The molecule has 0 N–H and O–H groups in total. The summed E-state index contributed by atoms with van der Waals surface area (Å²) in [7, 11) is 4.17. The summed E-state index contributed by atoms with van der Waals surface area (Å²) < 4.78 is 4.37. The lowest BCUT2D eigenvalue weighted by Crippen LogP contribution is -2.37. The number of hydrogen-bond acceptors (Lipinski definition) is 6. The lowest BCUT2D eigenvalue weighted by Gasteiger charge is -2.34. The zero-order chi connectivity index (χ0) is 53.3. The molecule has 8 aromatic rings. The highest BCUT2D eigenvalue weighted by atomic mass is 15.4. The topological polar surface area (TPSA) is 28.3 Å². The molecule has 0 amide bonds. The van der Waals surface area contributed by atoms with Gasteiger partial charge in [0.05, 0.1) is 5.39 Å². The van der Waals surface area contributed by atoms with Crippen molar-refractivity contribution in [3.63, 3.8) is 0 Å².